The van der Waals surface area contributed by atoms with Crippen molar-refractivity contribution in [1.82, 2.24) is 9.80 Å². The van der Waals surface area contributed by atoms with Crippen LogP contribution in [0.15, 0.2) is 35.7 Å². The summed E-state index contributed by atoms with van der Waals surface area (Å²) in [7, 11) is 0. The van der Waals surface area contributed by atoms with E-state index >= 15 is 0 Å². The number of aryl methyl sites for hydroxylation is 1. The van der Waals surface area contributed by atoms with Gasteiger partial charge in [0.05, 0.1) is 26.1 Å². The number of aliphatic carboxylic acids is 3. The number of nitrogens with zero attached hydrogens (tertiary/aromatic N) is 2. The van der Waals surface area contributed by atoms with E-state index in [1.54, 1.807) is 12.1 Å². The molecule has 1 saturated heterocycles. The van der Waals surface area contributed by atoms with E-state index in [-0.39, 0.29) is 5.82 Å². The number of hydrogen-bond donors (Lipinski definition) is 4. The van der Waals surface area contributed by atoms with Crippen molar-refractivity contribution in [3.8, 4) is 0 Å². The Balaban J connectivity index is 0.000000332. The van der Waals surface area contributed by atoms with Crippen LogP contribution in [-0.2, 0) is 32.2 Å². The Morgan fingerprint density at radius 1 is 1.03 bits per heavy atom. The SMILES string of the molecule is Cc1ccsc1CN(CCCN1CCOCC1)Cc1ccc(F)cc1.O=C(O)CC(O)(CC(=O)O)C(=O)O. The van der Waals surface area contributed by atoms with Gasteiger partial charge in [-0.3, -0.25) is 19.4 Å². The van der Waals surface area contributed by atoms with Crippen LogP contribution in [-0.4, -0.2) is 93.1 Å². The molecule has 2 heterocycles. The van der Waals surface area contributed by atoms with E-state index in [9.17, 15) is 18.8 Å². The van der Waals surface area contributed by atoms with Gasteiger partial charge in [0.1, 0.15) is 5.82 Å². The molecule has 3 rings (SSSR count). The normalized spacial score (nSPS) is 14.1. The highest BCUT2D eigenvalue weighted by molar-refractivity contribution is 7.10. The van der Waals surface area contributed by atoms with Gasteiger partial charge in [0.25, 0.3) is 0 Å². The van der Waals surface area contributed by atoms with Crippen LogP contribution in [0.3, 0.4) is 0 Å². The molecule has 1 aliphatic heterocycles. The first-order valence-corrected chi connectivity index (χ1v) is 13.1. The Hall–Kier alpha value is -2.90. The molecule has 0 radical (unpaired) electrons. The second-order valence-electron chi connectivity index (χ2n) is 9.15. The Morgan fingerprint density at radius 2 is 1.63 bits per heavy atom. The first-order chi connectivity index (χ1) is 18.0. The first-order valence-electron chi connectivity index (χ1n) is 12.2. The topological polar surface area (TPSA) is 148 Å². The van der Waals surface area contributed by atoms with Crippen molar-refractivity contribution in [2.75, 3.05) is 39.4 Å². The summed E-state index contributed by atoms with van der Waals surface area (Å²) in [6, 6.07) is 9.08. The molecule has 0 spiro atoms. The van der Waals surface area contributed by atoms with Gasteiger partial charge in [-0.15, -0.1) is 11.3 Å². The van der Waals surface area contributed by atoms with Crippen molar-refractivity contribution < 1.29 is 43.9 Å². The second-order valence-corrected chi connectivity index (χ2v) is 10.1. The maximum Gasteiger partial charge on any atom is 0.336 e. The van der Waals surface area contributed by atoms with Gasteiger partial charge >= 0.3 is 17.9 Å². The summed E-state index contributed by atoms with van der Waals surface area (Å²) >= 11 is 1.82. The Kier molecular flexibility index (Phi) is 12.8. The van der Waals surface area contributed by atoms with Crippen LogP contribution < -0.4 is 0 Å². The summed E-state index contributed by atoms with van der Waals surface area (Å²) in [4.78, 5) is 36.9. The monoisotopic (exact) mass is 554 g/mol. The molecule has 38 heavy (non-hydrogen) atoms. The lowest BCUT2D eigenvalue weighted by Crippen LogP contribution is -2.42. The van der Waals surface area contributed by atoms with E-state index in [0.29, 0.717) is 0 Å². The smallest absolute Gasteiger partial charge is 0.336 e. The van der Waals surface area contributed by atoms with E-state index in [1.807, 2.05) is 23.5 Å². The molecule has 1 aliphatic rings. The molecule has 0 amide bonds. The van der Waals surface area contributed by atoms with Crippen LogP contribution in [0, 0.1) is 12.7 Å². The molecule has 1 aromatic heterocycles. The minimum absolute atomic E-state index is 0.170. The van der Waals surface area contributed by atoms with Gasteiger partial charge in [0, 0.05) is 37.6 Å². The van der Waals surface area contributed by atoms with Gasteiger partial charge in [0.2, 0.25) is 0 Å². The lowest BCUT2D eigenvalue weighted by molar-refractivity contribution is -0.170. The van der Waals surface area contributed by atoms with Crippen molar-refractivity contribution >= 4 is 29.2 Å². The predicted octanol–water partition coefficient (Wildman–Crippen LogP) is 2.67. The van der Waals surface area contributed by atoms with Gasteiger partial charge in [-0.25, -0.2) is 9.18 Å². The summed E-state index contributed by atoms with van der Waals surface area (Å²) in [5.41, 5.74) is -0.207. The number of hydrogen-bond acceptors (Lipinski definition) is 8. The third kappa shape index (κ3) is 11.2. The van der Waals surface area contributed by atoms with Crippen LogP contribution in [0.1, 0.15) is 35.3 Å². The summed E-state index contributed by atoms with van der Waals surface area (Å²) < 4.78 is 18.6. The minimum atomic E-state index is -2.74. The van der Waals surface area contributed by atoms with Gasteiger partial charge in [-0.1, -0.05) is 12.1 Å². The Labute approximate surface area is 224 Å². The fourth-order valence-electron chi connectivity index (χ4n) is 3.89. The van der Waals surface area contributed by atoms with Crippen LogP contribution >= 0.6 is 11.3 Å². The molecule has 0 bridgehead atoms. The molecule has 210 valence electrons. The first kappa shape index (κ1) is 31.3. The molecule has 0 aliphatic carbocycles. The van der Waals surface area contributed by atoms with E-state index < -0.39 is 36.4 Å². The number of carboxylic acids is 3. The number of rotatable bonds is 13. The number of carbonyl (C=O) groups is 3. The minimum Gasteiger partial charge on any atom is -0.481 e. The lowest BCUT2D eigenvalue weighted by atomic mass is 9.96. The van der Waals surface area contributed by atoms with Crippen molar-refractivity contribution in [2.45, 2.75) is 44.9 Å². The molecule has 2 aromatic rings. The van der Waals surface area contributed by atoms with Gasteiger partial charge < -0.3 is 25.2 Å². The van der Waals surface area contributed by atoms with Crippen molar-refractivity contribution in [3.63, 3.8) is 0 Å². The van der Waals surface area contributed by atoms with E-state index in [4.69, 9.17) is 25.2 Å². The van der Waals surface area contributed by atoms with Crippen molar-refractivity contribution in [2.24, 2.45) is 0 Å². The second kappa shape index (κ2) is 15.5. The van der Waals surface area contributed by atoms with Gasteiger partial charge in [0.15, 0.2) is 5.60 Å². The molecule has 10 nitrogen and oxygen atoms in total. The number of benzene rings is 1. The summed E-state index contributed by atoms with van der Waals surface area (Å²) in [5, 5.41) is 36.0. The van der Waals surface area contributed by atoms with E-state index in [2.05, 4.69) is 28.2 Å². The number of halogens is 1. The molecule has 1 aromatic carbocycles. The third-order valence-corrected chi connectivity index (χ3v) is 7.00. The zero-order valence-electron chi connectivity index (χ0n) is 21.3. The highest BCUT2D eigenvalue weighted by Crippen LogP contribution is 2.20. The molecule has 12 heteroatoms. The summed E-state index contributed by atoms with van der Waals surface area (Å²) in [5.74, 6) is -5.19. The molecule has 0 atom stereocenters. The molecular weight excluding hydrogens is 519 g/mol. The fourth-order valence-corrected chi connectivity index (χ4v) is 4.84. The van der Waals surface area contributed by atoms with Crippen LogP contribution in [0.25, 0.3) is 0 Å². The average Bonchev–Trinajstić information content (AvgIpc) is 3.24. The number of carboxylic acid groups (broad SMARTS) is 3. The molecule has 0 saturated carbocycles. The third-order valence-electron chi connectivity index (χ3n) is 5.99. The molecule has 1 fully saturated rings. The van der Waals surface area contributed by atoms with E-state index in [0.717, 1.165) is 58.9 Å². The Bertz CT molecular complexity index is 1020. The number of ether oxygens (including phenoxy) is 1. The number of morpholine rings is 1. The van der Waals surface area contributed by atoms with Crippen LogP contribution in [0.2, 0.25) is 0 Å². The lowest BCUT2D eigenvalue weighted by Gasteiger charge is -2.28. The quantitative estimate of drug-likeness (QED) is 0.291. The van der Waals surface area contributed by atoms with Crippen molar-refractivity contribution in [3.05, 3.63) is 57.5 Å². The molecule has 4 N–H and O–H groups in total. The van der Waals surface area contributed by atoms with Crippen LogP contribution in [0.4, 0.5) is 4.39 Å². The van der Waals surface area contributed by atoms with Crippen molar-refractivity contribution in [1.29, 1.82) is 0 Å². The zero-order valence-corrected chi connectivity index (χ0v) is 22.2. The molecular formula is C26H35FN2O8S. The molecule has 0 unspecified atom stereocenters. The maximum absolute atomic E-state index is 13.2. The fraction of sp³-hybridized carbons (Fsp3) is 0.500. The highest BCUT2D eigenvalue weighted by atomic mass is 32.1. The Morgan fingerprint density at radius 3 is 2.13 bits per heavy atom. The summed E-state index contributed by atoms with van der Waals surface area (Å²) in [6.07, 6.45) is -1.14. The van der Waals surface area contributed by atoms with E-state index in [1.165, 1.54) is 16.0 Å². The largest absolute Gasteiger partial charge is 0.481 e. The number of thiophene rings is 1. The maximum atomic E-state index is 13.2. The van der Waals surface area contributed by atoms with Gasteiger partial charge in [-0.2, -0.15) is 0 Å². The average molecular weight is 555 g/mol. The summed E-state index contributed by atoms with van der Waals surface area (Å²) in [6.45, 7) is 9.96. The highest BCUT2D eigenvalue weighted by Gasteiger charge is 2.40. The zero-order chi connectivity index (χ0) is 28.1. The van der Waals surface area contributed by atoms with Gasteiger partial charge in [-0.05, 0) is 54.6 Å². The van der Waals surface area contributed by atoms with Crippen LogP contribution in [0.5, 0.6) is 0 Å². The standard InChI is InChI=1S/C20H27FN2OS.C6H8O7/c1-17-7-14-25-20(17)16-23(15-18-3-5-19(21)6-4-18)9-2-8-22-10-12-24-13-11-22;7-3(8)1-6(13,5(11)12)2-4(9)10/h3-7,14H,2,8-13,15-16H2,1H3;13H,1-2H2,(H,7,8)(H,9,10)(H,11,12). The number of aliphatic hydroxyl groups is 1. The predicted molar refractivity (Wildman–Crippen MR) is 139 cm³/mol.